The van der Waals surface area contributed by atoms with E-state index in [0.717, 1.165) is 11.3 Å². The van der Waals surface area contributed by atoms with E-state index in [0.29, 0.717) is 21.3 Å². The Balaban J connectivity index is 1.67. The van der Waals surface area contributed by atoms with Crippen molar-refractivity contribution in [1.82, 2.24) is 10.2 Å². The van der Waals surface area contributed by atoms with Gasteiger partial charge in [0.2, 0.25) is 5.13 Å². The number of anilines is 1. The third-order valence-electron chi connectivity index (χ3n) is 3.61. The van der Waals surface area contributed by atoms with Gasteiger partial charge in [0.25, 0.3) is 15.7 Å². The fourth-order valence-corrected chi connectivity index (χ4v) is 4.59. The molecule has 28 heavy (non-hydrogen) atoms. The van der Waals surface area contributed by atoms with Crippen molar-refractivity contribution in [2.45, 2.75) is 18.4 Å². The van der Waals surface area contributed by atoms with E-state index < -0.39 is 14.9 Å². The van der Waals surface area contributed by atoms with Crippen LogP contribution in [0.3, 0.4) is 0 Å². The standard InChI is InChI=1S/C16H13ClN4O5S2/c1-10-13(17)3-2-4-14(10)28(24,25)20-16-19-18-15(27-16)9-26-12-7-5-11(6-8-12)21(22)23/h2-8H,9H2,1H3,(H,19,20). The second-order valence-corrected chi connectivity index (χ2v) is 8.63. The molecule has 3 rings (SSSR count). The van der Waals surface area contributed by atoms with Gasteiger partial charge in [0.1, 0.15) is 12.4 Å². The van der Waals surface area contributed by atoms with Gasteiger partial charge in [-0.05, 0) is 36.8 Å². The summed E-state index contributed by atoms with van der Waals surface area (Å²) in [6.07, 6.45) is 0. The van der Waals surface area contributed by atoms with Gasteiger partial charge in [0, 0.05) is 17.2 Å². The van der Waals surface area contributed by atoms with Gasteiger partial charge < -0.3 is 4.74 Å². The zero-order chi connectivity index (χ0) is 20.3. The number of halogens is 1. The molecule has 0 spiro atoms. The molecule has 0 radical (unpaired) electrons. The monoisotopic (exact) mass is 440 g/mol. The molecule has 2 aromatic carbocycles. The van der Waals surface area contributed by atoms with Crippen LogP contribution in [0.1, 0.15) is 10.6 Å². The lowest BCUT2D eigenvalue weighted by molar-refractivity contribution is -0.384. The predicted molar refractivity (Wildman–Crippen MR) is 104 cm³/mol. The molecule has 0 atom stereocenters. The van der Waals surface area contributed by atoms with E-state index in [2.05, 4.69) is 14.9 Å². The first-order valence-corrected chi connectivity index (χ1v) is 10.4. The minimum absolute atomic E-state index is 0.0351. The summed E-state index contributed by atoms with van der Waals surface area (Å²) in [7, 11) is -3.86. The average Bonchev–Trinajstić information content (AvgIpc) is 3.09. The molecule has 1 N–H and O–H groups in total. The smallest absolute Gasteiger partial charge is 0.269 e. The zero-order valence-electron chi connectivity index (χ0n) is 14.3. The van der Waals surface area contributed by atoms with E-state index in [1.54, 1.807) is 19.1 Å². The maximum atomic E-state index is 12.5. The molecule has 146 valence electrons. The Hall–Kier alpha value is -2.76. The minimum atomic E-state index is -3.86. The molecule has 0 aliphatic carbocycles. The van der Waals surface area contributed by atoms with Gasteiger partial charge in [-0.2, -0.15) is 0 Å². The molecule has 1 aromatic heterocycles. The Kier molecular flexibility index (Phi) is 5.77. The number of rotatable bonds is 7. The number of sulfonamides is 1. The quantitative estimate of drug-likeness (QED) is 0.437. The lowest BCUT2D eigenvalue weighted by Gasteiger charge is -2.08. The highest BCUT2D eigenvalue weighted by Crippen LogP contribution is 2.26. The Morgan fingerprint density at radius 1 is 1.21 bits per heavy atom. The van der Waals surface area contributed by atoms with Crippen LogP contribution in [-0.2, 0) is 16.6 Å². The van der Waals surface area contributed by atoms with Crippen molar-refractivity contribution in [2.75, 3.05) is 4.72 Å². The minimum Gasteiger partial charge on any atom is -0.486 e. The highest BCUT2D eigenvalue weighted by Gasteiger charge is 2.20. The van der Waals surface area contributed by atoms with Crippen LogP contribution in [0.5, 0.6) is 5.75 Å². The molecule has 0 unspecified atom stereocenters. The van der Waals surface area contributed by atoms with E-state index in [-0.39, 0.29) is 22.3 Å². The summed E-state index contributed by atoms with van der Waals surface area (Å²) in [4.78, 5) is 10.2. The number of benzene rings is 2. The van der Waals surface area contributed by atoms with E-state index in [4.69, 9.17) is 16.3 Å². The molecule has 0 fully saturated rings. The lowest BCUT2D eigenvalue weighted by Crippen LogP contribution is -2.14. The zero-order valence-corrected chi connectivity index (χ0v) is 16.7. The van der Waals surface area contributed by atoms with Crippen molar-refractivity contribution in [3.8, 4) is 5.75 Å². The van der Waals surface area contributed by atoms with Crippen LogP contribution >= 0.6 is 22.9 Å². The number of hydrogen-bond donors (Lipinski definition) is 1. The lowest BCUT2D eigenvalue weighted by atomic mass is 10.2. The van der Waals surface area contributed by atoms with Gasteiger partial charge in [0.05, 0.1) is 9.82 Å². The molecular weight excluding hydrogens is 428 g/mol. The number of nitrogens with zero attached hydrogens (tertiary/aromatic N) is 3. The highest BCUT2D eigenvalue weighted by molar-refractivity contribution is 7.93. The SMILES string of the molecule is Cc1c(Cl)cccc1S(=O)(=O)Nc1nnc(COc2ccc([N+](=O)[O-])cc2)s1. The molecule has 12 heteroatoms. The third kappa shape index (κ3) is 4.55. The summed E-state index contributed by atoms with van der Waals surface area (Å²) in [5, 5.41) is 19.2. The van der Waals surface area contributed by atoms with Gasteiger partial charge in [-0.25, -0.2) is 8.42 Å². The van der Waals surface area contributed by atoms with Gasteiger partial charge in [0.15, 0.2) is 5.01 Å². The summed E-state index contributed by atoms with van der Waals surface area (Å²) in [5.74, 6) is 0.414. The Morgan fingerprint density at radius 3 is 2.61 bits per heavy atom. The average molecular weight is 441 g/mol. The molecule has 0 saturated carbocycles. The fraction of sp³-hybridized carbons (Fsp3) is 0.125. The van der Waals surface area contributed by atoms with Gasteiger partial charge in [-0.15, -0.1) is 10.2 Å². The van der Waals surface area contributed by atoms with Crippen LogP contribution in [0.15, 0.2) is 47.4 Å². The van der Waals surface area contributed by atoms with Crippen molar-refractivity contribution in [3.63, 3.8) is 0 Å². The molecule has 0 bridgehead atoms. The second kappa shape index (κ2) is 8.09. The molecule has 0 aliphatic rings. The van der Waals surface area contributed by atoms with Crippen LogP contribution in [0.4, 0.5) is 10.8 Å². The number of nitrogens with one attached hydrogen (secondary N) is 1. The van der Waals surface area contributed by atoms with Crippen LogP contribution in [0.2, 0.25) is 5.02 Å². The first-order chi connectivity index (χ1) is 13.3. The molecule has 0 saturated heterocycles. The number of aromatic nitrogens is 2. The van der Waals surface area contributed by atoms with Gasteiger partial charge in [-0.3, -0.25) is 14.8 Å². The number of hydrogen-bond acceptors (Lipinski definition) is 8. The van der Waals surface area contributed by atoms with E-state index in [1.165, 1.54) is 30.3 Å². The molecule has 3 aromatic rings. The Labute approximate surface area is 169 Å². The first kappa shape index (κ1) is 20.0. The van der Waals surface area contributed by atoms with E-state index in [9.17, 15) is 18.5 Å². The van der Waals surface area contributed by atoms with Crippen LogP contribution in [-0.4, -0.2) is 23.5 Å². The molecule has 0 aliphatic heterocycles. The van der Waals surface area contributed by atoms with E-state index in [1.807, 2.05) is 0 Å². The van der Waals surface area contributed by atoms with Crippen molar-refractivity contribution in [1.29, 1.82) is 0 Å². The Morgan fingerprint density at radius 2 is 1.93 bits per heavy atom. The summed E-state index contributed by atoms with van der Waals surface area (Å²) in [5.41, 5.74) is 0.388. The fourth-order valence-electron chi connectivity index (χ4n) is 2.21. The summed E-state index contributed by atoms with van der Waals surface area (Å²) >= 11 is 7.00. The number of nitro groups is 1. The van der Waals surface area contributed by atoms with Crippen LogP contribution < -0.4 is 9.46 Å². The maximum Gasteiger partial charge on any atom is 0.269 e. The Bertz CT molecular complexity index is 1120. The molecule has 0 amide bonds. The number of ether oxygens (including phenoxy) is 1. The summed E-state index contributed by atoms with van der Waals surface area (Å²) in [6, 6.07) is 10.2. The van der Waals surface area contributed by atoms with Crippen molar-refractivity contribution in [2.24, 2.45) is 0 Å². The second-order valence-electron chi connectivity index (χ2n) is 5.51. The number of non-ortho nitro benzene ring substituents is 1. The third-order valence-corrected chi connectivity index (χ3v) is 6.44. The summed E-state index contributed by atoms with van der Waals surface area (Å²) in [6.45, 7) is 1.65. The van der Waals surface area contributed by atoms with Crippen molar-refractivity contribution < 1.29 is 18.1 Å². The van der Waals surface area contributed by atoms with E-state index >= 15 is 0 Å². The van der Waals surface area contributed by atoms with Crippen molar-refractivity contribution >= 4 is 43.8 Å². The molecule has 1 heterocycles. The number of nitro benzene ring substituents is 1. The van der Waals surface area contributed by atoms with Crippen molar-refractivity contribution in [3.05, 3.63) is 68.2 Å². The van der Waals surface area contributed by atoms with Gasteiger partial charge >= 0.3 is 0 Å². The largest absolute Gasteiger partial charge is 0.486 e. The summed E-state index contributed by atoms with van der Waals surface area (Å²) < 4.78 is 32.9. The first-order valence-electron chi connectivity index (χ1n) is 7.74. The topological polar surface area (TPSA) is 124 Å². The predicted octanol–water partition coefficient (Wildman–Crippen LogP) is 3.79. The molecule has 9 nitrogen and oxygen atoms in total. The highest BCUT2D eigenvalue weighted by atomic mass is 35.5. The normalized spacial score (nSPS) is 11.2. The molecular formula is C16H13ClN4O5S2. The van der Waals surface area contributed by atoms with Crippen LogP contribution in [0, 0.1) is 17.0 Å². The van der Waals surface area contributed by atoms with Crippen LogP contribution in [0.25, 0.3) is 0 Å². The maximum absolute atomic E-state index is 12.5. The van der Waals surface area contributed by atoms with Gasteiger partial charge in [-0.1, -0.05) is 29.0 Å².